The van der Waals surface area contributed by atoms with Gasteiger partial charge in [-0.3, -0.25) is 0 Å². The molecule has 0 aliphatic carbocycles. The monoisotopic (exact) mass is 140 g/mol. The standard InChI is InChI=1S/C3H8O2S2/c4-3(5)2(7)1-6/h2-7H,1H2. The van der Waals surface area contributed by atoms with Crippen LogP contribution in [0, 0.1) is 0 Å². The largest absolute Gasteiger partial charge is 0.367 e. The van der Waals surface area contributed by atoms with E-state index in [0.29, 0.717) is 5.75 Å². The Balaban J connectivity index is 3.14. The third kappa shape index (κ3) is 3.22. The van der Waals surface area contributed by atoms with E-state index in [1.165, 1.54) is 0 Å². The first kappa shape index (κ1) is 7.62. The van der Waals surface area contributed by atoms with Crippen LogP contribution in [-0.4, -0.2) is 27.5 Å². The van der Waals surface area contributed by atoms with Crippen molar-refractivity contribution in [3.63, 3.8) is 0 Å². The number of thiol groups is 2. The Morgan fingerprint density at radius 3 is 1.86 bits per heavy atom. The van der Waals surface area contributed by atoms with Crippen molar-refractivity contribution < 1.29 is 10.2 Å². The molecule has 2 nitrogen and oxygen atoms in total. The van der Waals surface area contributed by atoms with E-state index in [2.05, 4.69) is 25.3 Å². The zero-order valence-electron chi connectivity index (χ0n) is 3.65. The summed E-state index contributed by atoms with van der Waals surface area (Å²) in [7, 11) is 0. The van der Waals surface area contributed by atoms with Crippen LogP contribution >= 0.6 is 25.3 Å². The molecular formula is C3H8O2S2. The van der Waals surface area contributed by atoms with Crippen molar-refractivity contribution in [2.24, 2.45) is 0 Å². The highest BCUT2D eigenvalue weighted by Crippen LogP contribution is 1.99. The van der Waals surface area contributed by atoms with E-state index < -0.39 is 11.5 Å². The minimum absolute atomic E-state index is 0.376. The maximum atomic E-state index is 8.25. The first-order valence-corrected chi connectivity index (χ1v) is 2.98. The van der Waals surface area contributed by atoms with Gasteiger partial charge in [-0.15, -0.1) is 0 Å². The van der Waals surface area contributed by atoms with Crippen LogP contribution in [0.5, 0.6) is 0 Å². The number of aliphatic hydroxyl groups is 2. The van der Waals surface area contributed by atoms with E-state index >= 15 is 0 Å². The summed E-state index contributed by atoms with van der Waals surface area (Å²) in [6, 6.07) is 0. The Hall–Kier alpha value is 0.620. The number of rotatable bonds is 2. The fourth-order valence-corrected chi connectivity index (χ4v) is 0.283. The van der Waals surface area contributed by atoms with Gasteiger partial charge in [0.2, 0.25) is 0 Å². The fraction of sp³-hybridized carbons (Fsp3) is 1.00. The first-order valence-electron chi connectivity index (χ1n) is 1.83. The van der Waals surface area contributed by atoms with Gasteiger partial charge in [0.05, 0.1) is 5.25 Å². The molecule has 0 aliphatic rings. The number of hydrogen-bond acceptors (Lipinski definition) is 4. The number of aliphatic hydroxyl groups excluding tert-OH is 1. The van der Waals surface area contributed by atoms with Crippen molar-refractivity contribution in [2.75, 3.05) is 5.75 Å². The number of hydrogen-bond donors (Lipinski definition) is 4. The maximum absolute atomic E-state index is 8.25. The average Bonchev–Trinajstić information content (AvgIpc) is 1.65. The Bertz CT molecular complexity index is 48.2. The molecule has 0 aromatic carbocycles. The van der Waals surface area contributed by atoms with Gasteiger partial charge in [-0.1, -0.05) is 0 Å². The molecule has 0 aromatic heterocycles. The van der Waals surface area contributed by atoms with Gasteiger partial charge in [0.25, 0.3) is 0 Å². The van der Waals surface area contributed by atoms with Gasteiger partial charge in [-0.2, -0.15) is 25.3 Å². The molecule has 0 bridgehead atoms. The molecule has 0 spiro atoms. The topological polar surface area (TPSA) is 40.5 Å². The second-order valence-corrected chi connectivity index (χ2v) is 2.19. The third-order valence-electron chi connectivity index (χ3n) is 0.531. The Morgan fingerprint density at radius 1 is 1.43 bits per heavy atom. The summed E-state index contributed by atoms with van der Waals surface area (Å²) >= 11 is 7.51. The molecule has 0 aliphatic heterocycles. The van der Waals surface area contributed by atoms with Gasteiger partial charge < -0.3 is 10.2 Å². The second-order valence-electron chi connectivity index (χ2n) is 1.16. The van der Waals surface area contributed by atoms with E-state index in [1.54, 1.807) is 0 Å². The third-order valence-corrected chi connectivity index (χ3v) is 1.66. The Morgan fingerprint density at radius 2 is 1.86 bits per heavy atom. The van der Waals surface area contributed by atoms with Crippen molar-refractivity contribution in [2.45, 2.75) is 11.5 Å². The molecule has 4 heteroatoms. The zero-order chi connectivity index (χ0) is 5.86. The van der Waals surface area contributed by atoms with Gasteiger partial charge in [0.15, 0.2) is 6.29 Å². The summed E-state index contributed by atoms with van der Waals surface area (Å²) < 4.78 is 0. The van der Waals surface area contributed by atoms with E-state index in [4.69, 9.17) is 10.2 Å². The summed E-state index contributed by atoms with van der Waals surface area (Å²) in [5.74, 6) is 0.376. The smallest absolute Gasteiger partial charge is 0.163 e. The van der Waals surface area contributed by atoms with Crippen LogP contribution in [0.2, 0.25) is 0 Å². The van der Waals surface area contributed by atoms with Gasteiger partial charge in [-0.25, -0.2) is 0 Å². The van der Waals surface area contributed by atoms with Crippen LogP contribution in [0.25, 0.3) is 0 Å². The zero-order valence-corrected chi connectivity index (χ0v) is 5.44. The molecule has 0 aromatic rings. The quantitative estimate of drug-likeness (QED) is 0.309. The molecular weight excluding hydrogens is 132 g/mol. The highest BCUT2D eigenvalue weighted by Gasteiger charge is 2.06. The van der Waals surface area contributed by atoms with E-state index in [9.17, 15) is 0 Å². The molecule has 1 atom stereocenters. The van der Waals surface area contributed by atoms with Crippen molar-refractivity contribution >= 4 is 25.3 Å². The van der Waals surface area contributed by atoms with Crippen LogP contribution < -0.4 is 0 Å². The first-order chi connectivity index (χ1) is 3.18. The summed E-state index contributed by atoms with van der Waals surface area (Å²) in [4.78, 5) is 0. The predicted molar refractivity (Wildman–Crippen MR) is 34.9 cm³/mol. The lowest BCUT2D eigenvalue weighted by atomic mass is 10.5. The fourth-order valence-electron chi connectivity index (χ4n) is 0.0943. The minimum Gasteiger partial charge on any atom is -0.367 e. The average molecular weight is 140 g/mol. The maximum Gasteiger partial charge on any atom is 0.163 e. The normalized spacial score (nSPS) is 15.0. The minimum atomic E-state index is -1.35. The highest BCUT2D eigenvalue weighted by molar-refractivity contribution is 7.84. The van der Waals surface area contributed by atoms with Gasteiger partial charge in [-0.05, 0) is 0 Å². The lowest BCUT2D eigenvalue weighted by Gasteiger charge is -2.06. The SMILES string of the molecule is OC(O)C(S)CS. The molecule has 1 unspecified atom stereocenters. The van der Waals surface area contributed by atoms with E-state index in [0.717, 1.165) is 0 Å². The predicted octanol–water partition coefficient (Wildman–Crippen LogP) is -0.475. The van der Waals surface area contributed by atoms with Crippen molar-refractivity contribution in [1.82, 2.24) is 0 Å². The summed E-state index contributed by atoms with van der Waals surface area (Å²) in [6.45, 7) is 0. The summed E-state index contributed by atoms with van der Waals surface area (Å²) in [6.07, 6.45) is -1.35. The summed E-state index contributed by atoms with van der Waals surface area (Å²) in [5, 5.41) is 16.1. The van der Waals surface area contributed by atoms with Gasteiger partial charge in [0.1, 0.15) is 0 Å². The van der Waals surface area contributed by atoms with Crippen molar-refractivity contribution in [1.29, 1.82) is 0 Å². The second kappa shape index (κ2) is 3.60. The van der Waals surface area contributed by atoms with Crippen LogP contribution in [0.1, 0.15) is 0 Å². The van der Waals surface area contributed by atoms with Crippen LogP contribution in [0.4, 0.5) is 0 Å². The molecule has 0 amide bonds. The van der Waals surface area contributed by atoms with Crippen LogP contribution in [-0.2, 0) is 0 Å². The van der Waals surface area contributed by atoms with Gasteiger partial charge in [0, 0.05) is 5.75 Å². The molecule has 7 heavy (non-hydrogen) atoms. The molecule has 0 heterocycles. The Kier molecular flexibility index (Phi) is 3.92. The molecule has 2 N–H and O–H groups in total. The van der Waals surface area contributed by atoms with Crippen molar-refractivity contribution in [3.8, 4) is 0 Å². The van der Waals surface area contributed by atoms with Crippen molar-refractivity contribution in [3.05, 3.63) is 0 Å². The molecule has 0 saturated heterocycles. The van der Waals surface area contributed by atoms with E-state index in [1.807, 2.05) is 0 Å². The Labute approximate surface area is 53.4 Å². The lowest BCUT2D eigenvalue weighted by molar-refractivity contribution is -0.0353. The molecule has 44 valence electrons. The summed E-state index contributed by atoms with van der Waals surface area (Å²) in [5.41, 5.74) is 0. The molecule has 0 saturated carbocycles. The lowest BCUT2D eigenvalue weighted by Crippen LogP contribution is -2.20. The molecule has 0 radical (unpaired) electrons. The molecule has 0 fully saturated rings. The van der Waals surface area contributed by atoms with Crippen LogP contribution in [0.15, 0.2) is 0 Å². The van der Waals surface area contributed by atoms with Crippen LogP contribution in [0.3, 0.4) is 0 Å². The highest BCUT2D eigenvalue weighted by atomic mass is 32.1. The van der Waals surface area contributed by atoms with Gasteiger partial charge >= 0.3 is 0 Å². The molecule has 0 rings (SSSR count). The van der Waals surface area contributed by atoms with E-state index in [-0.39, 0.29) is 0 Å².